The minimum atomic E-state index is -1.33. The van der Waals surface area contributed by atoms with Gasteiger partial charge in [0.15, 0.2) is 0 Å². The number of ether oxygens (including phenoxy) is 3. The quantitative estimate of drug-likeness (QED) is 0.478. The number of hydrogen-bond donors (Lipinski definition) is 0. The highest BCUT2D eigenvalue weighted by Gasteiger charge is 1.99. The maximum Gasteiger partial charge on any atom is 0.120 e. The lowest BCUT2D eigenvalue weighted by molar-refractivity contribution is 0.179. The van der Waals surface area contributed by atoms with Gasteiger partial charge in [-0.3, -0.25) is 0 Å². The molecule has 4 heteroatoms. The van der Waals surface area contributed by atoms with Gasteiger partial charge in [-0.05, 0) is 41.5 Å². The van der Waals surface area contributed by atoms with Gasteiger partial charge in [0.05, 0.1) is 37.1 Å². The molecule has 0 fully saturated rings. The minimum absolute atomic E-state index is 0.206. The Bertz CT molecular complexity index is 246. The maximum atomic E-state index is 5.43. The van der Waals surface area contributed by atoms with Crippen molar-refractivity contribution in [3.8, 4) is 0 Å². The molecule has 0 atom stereocenters. The normalized spacial score (nSPS) is 14.4. The average Bonchev–Trinajstić information content (AvgIpc) is 2.26. The van der Waals surface area contributed by atoms with Crippen LogP contribution in [0, 0.1) is 0 Å². The predicted octanol–water partition coefficient (Wildman–Crippen LogP) is 3.65. The summed E-state index contributed by atoms with van der Waals surface area (Å²) in [5.74, 6) is 0. The molecule has 110 valence electrons. The van der Waals surface area contributed by atoms with Gasteiger partial charge in [0, 0.05) is 0 Å². The summed E-state index contributed by atoms with van der Waals surface area (Å²) in [7, 11) is -1.33. The van der Waals surface area contributed by atoms with Crippen molar-refractivity contribution in [1.29, 1.82) is 0 Å². The maximum absolute atomic E-state index is 5.43. The van der Waals surface area contributed by atoms with Crippen LogP contribution in [0.25, 0.3) is 0 Å². The molecule has 0 saturated carbocycles. The summed E-state index contributed by atoms with van der Waals surface area (Å²) >= 11 is 0. The summed E-state index contributed by atoms with van der Waals surface area (Å²) in [6.07, 6.45) is 5.95. The van der Waals surface area contributed by atoms with Crippen LogP contribution in [0.5, 0.6) is 0 Å². The first-order valence-corrected chi connectivity index (χ1v) is 8.88. The molecule has 0 unspecified atom stereocenters. The number of hydrogen-bond acceptors (Lipinski definition) is 3. The minimum Gasteiger partial charge on any atom is -0.499 e. The first-order chi connectivity index (χ1) is 8.91. The van der Waals surface area contributed by atoms with Crippen LogP contribution in [0.3, 0.4) is 0 Å². The SMILES string of the molecule is CC(C)OC=C[SiH](C=COC(C)C)C=COC(C)C. The summed E-state index contributed by atoms with van der Waals surface area (Å²) in [4.78, 5) is 0. The van der Waals surface area contributed by atoms with E-state index in [-0.39, 0.29) is 18.3 Å². The second-order valence-electron chi connectivity index (χ2n) is 5.12. The molecule has 0 saturated heterocycles. The fourth-order valence-electron chi connectivity index (χ4n) is 1.07. The summed E-state index contributed by atoms with van der Waals surface area (Å²) < 4.78 is 16.3. The van der Waals surface area contributed by atoms with E-state index in [1.165, 1.54) is 0 Å². The second-order valence-corrected chi connectivity index (χ2v) is 7.43. The van der Waals surface area contributed by atoms with E-state index >= 15 is 0 Å². The Balaban J connectivity index is 4.41. The van der Waals surface area contributed by atoms with E-state index in [0.29, 0.717) is 0 Å². The molecule has 0 amide bonds. The third-order valence-corrected chi connectivity index (χ3v) is 3.76. The fraction of sp³-hybridized carbons (Fsp3) is 0.600. The van der Waals surface area contributed by atoms with Gasteiger partial charge in [-0.15, -0.1) is 0 Å². The molecule has 0 aliphatic heterocycles. The zero-order valence-electron chi connectivity index (χ0n) is 13.0. The van der Waals surface area contributed by atoms with E-state index in [1.807, 2.05) is 41.5 Å². The van der Waals surface area contributed by atoms with Crippen LogP contribution in [0.4, 0.5) is 0 Å². The Morgan fingerprint density at radius 3 is 1.05 bits per heavy atom. The summed E-state index contributed by atoms with van der Waals surface area (Å²) in [6, 6.07) is 0. The van der Waals surface area contributed by atoms with Crippen molar-refractivity contribution >= 4 is 8.80 Å². The standard InChI is InChI=1S/C15H28O3Si/c1-13(2)16-7-10-19(11-8-17-14(3)4)12-9-18-15(5)6/h7-15,19H,1-6H3. The summed E-state index contributed by atoms with van der Waals surface area (Å²) in [5.41, 5.74) is 6.29. The van der Waals surface area contributed by atoms with Crippen molar-refractivity contribution in [1.82, 2.24) is 0 Å². The Kier molecular flexibility index (Phi) is 10.1. The van der Waals surface area contributed by atoms with Gasteiger partial charge in [-0.1, -0.05) is 17.1 Å². The van der Waals surface area contributed by atoms with Crippen LogP contribution in [0.15, 0.2) is 35.9 Å². The highest BCUT2D eigenvalue weighted by Crippen LogP contribution is 1.99. The molecule has 0 aliphatic carbocycles. The Morgan fingerprint density at radius 2 is 0.842 bits per heavy atom. The van der Waals surface area contributed by atoms with Crippen LogP contribution in [-0.2, 0) is 14.2 Å². The Hall–Kier alpha value is -1.16. The topological polar surface area (TPSA) is 27.7 Å². The van der Waals surface area contributed by atoms with Crippen molar-refractivity contribution in [2.75, 3.05) is 0 Å². The third-order valence-electron chi connectivity index (χ3n) is 1.95. The van der Waals surface area contributed by atoms with Gasteiger partial charge in [0.2, 0.25) is 0 Å². The number of rotatable bonds is 9. The van der Waals surface area contributed by atoms with Crippen LogP contribution in [0.1, 0.15) is 41.5 Å². The van der Waals surface area contributed by atoms with Crippen molar-refractivity contribution in [2.24, 2.45) is 0 Å². The van der Waals surface area contributed by atoms with Gasteiger partial charge in [-0.2, -0.15) is 0 Å². The predicted molar refractivity (Wildman–Crippen MR) is 83.2 cm³/mol. The monoisotopic (exact) mass is 284 g/mol. The van der Waals surface area contributed by atoms with E-state index in [2.05, 4.69) is 17.1 Å². The highest BCUT2D eigenvalue weighted by molar-refractivity contribution is 6.74. The molecule has 0 heterocycles. The first-order valence-electron chi connectivity index (χ1n) is 6.88. The molecule has 3 nitrogen and oxygen atoms in total. The van der Waals surface area contributed by atoms with E-state index < -0.39 is 8.80 Å². The molecule has 0 aromatic rings. The molecular weight excluding hydrogens is 256 g/mol. The van der Waals surface area contributed by atoms with Gasteiger partial charge < -0.3 is 14.2 Å². The van der Waals surface area contributed by atoms with Crippen LogP contribution >= 0.6 is 0 Å². The van der Waals surface area contributed by atoms with Gasteiger partial charge in [0.1, 0.15) is 8.80 Å². The van der Waals surface area contributed by atoms with Crippen LogP contribution in [0.2, 0.25) is 0 Å². The molecule has 0 spiro atoms. The molecular formula is C15H28O3Si. The van der Waals surface area contributed by atoms with Gasteiger partial charge in [-0.25, -0.2) is 0 Å². The van der Waals surface area contributed by atoms with Crippen molar-refractivity contribution in [3.05, 3.63) is 35.9 Å². The molecule has 0 aliphatic rings. The average molecular weight is 284 g/mol. The smallest absolute Gasteiger partial charge is 0.120 e. The van der Waals surface area contributed by atoms with Crippen molar-refractivity contribution < 1.29 is 14.2 Å². The lowest BCUT2D eigenvalue weighted by atomic mass is 10.5. The largest absolute Gasteiger partial charge is 0.499 e. The third kappa shape index (κ3) is 13.1. The Labute approximate surface area is 119 Å². The van der Waals surface area contributed by atoms with Crippen LogP contribution < -0.4 is 0 Å². The van der Waals surface area contributed by atoms with Gasteiger partial charge in [0.25, 0.3) is 0 Å². The van der Waals surface area contributed by atoms with E-state index in [0.717, 1.165) is 0 Å². The van der Waals surface area contributed by atoms with E-state index in [1.54, 1.807) is 18.8 Å². The molecule has 0 aromatic heterocycles. The van der Waals surface area contributed by atoms with E-state index in [9.17, 15) is 0 Å². The lowest BCUT2D eigenvalue weighted by Gasteiger charge is -2.07. The summed E-state index contributed by atoms with van der Waals surface area (Å²) in [5, 5.41) is 0. The molecule has 0 bridgehead atoms. The van der Waals surface area contributed by atoms with E-state index in [4.69, 9.17) is 14.2 Å². The molecule has 0 rings (SSSR count). The molecule has 0 aromatic carbocycles. The first kappa shape index (κ1) is 17.8. The molecule has 0 N–H and O–H groups in total. The van der Waals surface area contributed by atoms with Crippen LogP contribution in [-0.4, -0.2) is 27.1 Å². The van der Waals surface area contributed by atoms with Crippen molar-refractivity contribution in [2.45, 2.75) is 59.9 Å². The summed E-state index contributed by atoms with van der Waals surface area (Å²) in [6.45, 7) is 12.1. The van der Waals surface area contributed by atoms with Crippen molar-refractivity contribution in [3.63, 3.8) is 0 Å². The zero-order valence-corrected chi connectivity index (χ0v) is 14.2. The highest BCUT2D eigenvalue weighted by atomic mass is 28.3. The molecule has 19 heavy (non-hydrogen) atoms. The fourth-order valence-corrected chi connectivity index (χ4v) is 2.27. The lowest BCUT2D eigenvalue weighted by Crippen LogP contribution is -2.06. The zero-order chi connectivity index (χ0) is 14.7. The molecule has 0 radical (unpaired) electrons. The van der Waals surface area contributed by atoms with Gasteiger partial charge >= 0.3 is 0 Å². The Morgan fingerprint density at radius 1 is 0.579 bits per heavy atom. The second kappa shape index (κ2) is 10.7.